The van der Waals surface area contributed by atoms with E-state index in [0.717, 1.165) is 39.8 Å². The molecule has 0 N–H and O–H groups in total. The molecule has 0 bridgehead atoms. The monoisotopic (exact) mass is 387 g/mol. The highest BCUT2D eigenvalue weighted by atomic mass is 35.5. The van der Waals surface area contributed by atoms with Gasteiger partial charge in [0.25, 0.3) is 0 Å². The molecule has 5 heteroatoms. The summed E-state index contributed by atoms with van der Waals surface area (Å²) in [6.07, 6.45) is -1.65. The van der Waals surface area contributed by atoms with Crippen LogP contribution in [0.4, 0.5) is 13.2 Å². The number of rotatable bonds is 3. The van der Waals surface area contributed by atoms with E-state index in [1.807, 2.05) is 48.5 Å². The first-order chi connectivity index (χ1) is 12.5. The van der Waals surface area contributed by atoms with E-state index >= 15 is 0 Å². The Morgan fingerprint density at radius 1 is 0.741 bits per heavy atom. The molecule has 0 saturated carbocycles. The Labute approximate surface area is 161 Å². The minimum absolute atomic E-state index is 0. The molecule has 0 aliphatic heterocycles. The molecule has 138 valence electrons. The summed E-state index contributed by atoms with van der Waals surface area (Å²) in [6, 6.07) is 23.5. The molecule has 1 heterocycles. The van der Waals surface area contributed by atoms with Crippen LogP contribution in [0.15, 0.2) is 85.1 Å². The molecule has 4 aromatic rings. The molecule has 0 radical (unpaired) electrons. The van der Waals surface area contributed by atoms with Crippen LogP contribution in [0.25, 0.3) is 16.6 Å². The van der Waals surface area contributed by atoms with Gasteiger partial charge in [-0.15, -0.1) is 12.4 Å². The average molecular weight is 388 g/mol. The topological polar surface area (TPSA) is 4.93 Å². The molecule has 4 rings (SSSR count). The number of hydrogen-bond acceptors (Lipinski definition) is 0. The summed E-state index contributed by atoms with van der Waals surface area (Å²) in [5.41, 5.74) is 3.47. The molecule has 0 fully saturated rings. The van der Waals surface area contributed by atoms with Crippen LogP contribution in [0.1, 0.15) is 16.7 Å². The zero-order valence-electron chi connectivity index (χ0n) is 14.3. The van der Waals surface area contributed by atoms with Crippen LogP contribution in [-0.4, -0.2) is 4.57 Å². The molecule has 0 saturated heterocycles. The lowest BCUT2D eigenvalue weighted by atomic mass is 10.0. The van der Waals surface area contributed by atoms with Crippen molar-refractivity contribution in [3.8, 4) is 5.69 Å². The van der Waals surface area contributed by atoms with Gasteiger partial charge in [-0.2, -0.15) is 13.2 Å². The lowest BCUT2D eigenvalue weighted by Gasteiger charge is -2.07. The Hall–Kier alpha value is -2.72. The van der Waals surface area contributed by atoms with Crippen LogP contribution >= 0.6 is 12.4 Å². The molecule has 0 spiro atoms. The summed E-state index contributed by atoms with van der Waals surface area (Å²) in [5.74, 6) is 0. The fraction of sp³-hybridized carbons (Fsp3) is 0.0909. The van der Waals surface area contributed by atoms with Crippen molar-refractivity contribution in [2.75, 3.05) is 0 Å². The number of alkyl halides is 3. The van der Waals surface area contributed by atoms with Crippen LogP contribution in [-0.2, 0) is 12.6 Å². The Morgan fingerprint density at radius 2 is 1.37 bits per heavy atom. The van der Waals surface area contributed by atoms with Crippen LogP contribution in [0.2, 0.25) is 0 Å². The highest BCUT2D eigenvalue weighted by molar-refractivity contribution is 5.86. The molecule has 0 aliphatic carbocycles. The number of aromatic nitrogens is 1. The molecular formula is C22H17ClF3N. The molecule has 0 amide bonds. The molecular weight excluding hydrogens is 371 g/mol. The zero-order valence-corrected chi connectivity index (χ0v) is 15.1. The number of nitrogens with zero attached hydrogens (tertiary/aromatic N) is 1. The lowest BCUT2D eigenvalue weighted by molar-refractivity contribution is -0.137. The van der Waals surface area contributed by atoms with Gasteiger partial charge in [-0.25, -0.2) is 0 Å². The summed E-state index contributed by atoms with van der Waals surface area (Å²) >= 11 is 0. The molecule has 0 aliphatic rings. The van der Waals surface area contributed by atoms with Gasteiger partial charge in [-0.3, -0.25) is 0 Å². The van der Waals surface area contributed by atoms with Gasteiger partial charge in [0.15, 0.2) is 0 Å². The van der Waals surface area contributed by atoms with Crippen molar-refractivity contribution < 1.29 is 13.2 Å². The summed E-state index contributed by atoms with van der Waals surface area (Å²) in [5, 5.41) is 1.11. The zero-order chi connectivity index (χ0) is 18.1. The maximum Gasteiger partial charge on any atom is 0.416 e. The summed E-state index contributed by atoms with van der Waals surface area (Å²) in [6.45, 7) is 0. The third kappa shape index (κ3) is 3.86. The summed E-state index contributed by atoms with van der Waals surface area (Å²) < 4.78 is 40.3. The standard InChI is InChI=1S/C22H16F3N.ClH/c23-22(24,25)18-12-10-16(11-13-18)14-17-15-26(19-6-2-1-3-7-19)21-9-5-4-8-20(17)21;/h1-13,15H,14H2;1H. The van der Waals surface area contributed by atoms with Gasteiger partial charge in [-0.1, -0.05) is 48.5 Å². The molecule has 0 atom stereocenters. The van der Waals surface area contributed by atoms with E-state index < -0.39 is 11.7 Å². The van der Waals surface area contributed by atoms with Gasteiger partial charge in [-0.05, 0) is 47.9 Å². The van der Waals surface area contributed by atoms with Crippen molar-refractivity contribution in [1.29, 1.82) is 0 Å². The van der Waals surface area contributed by atoms with E-state index in [-0.39, 0.29) is 12.4 Å². The van der Waals surface area contributed by atoms with Gasteiger partial charge in [0.2, 0.25) is 0 Å². The summed E-state index contributed by atoms with van der Waals surface area (Å²) in [4.78, 5) is 0. The van der Waals surface area contributed by atoms with E-state index in [9.17, 15) is 13.2 Å². The number of para-hydroxylation sites is 2. The lowest BCUT2D eigenvalue weighted by Crippen LogP contribution is -2.04. The van der Waals surface area contributed by atoms with E-state index in [2.05, 4.69) is 16.8 Å². The second kappa shape index (κ2) is 7.49. The predicted octanol–water partition coefficient (Wildman–Crippen LogP) is 6.66. The molecule has 1 nitrogen and oxygen atoms in total. The predicted molar refractivity (Wildman–Crippen MR) is 105 cm³/mol. The molecule has 3 aromatic carbocycles. The van der Waals surface area contributed by atoms with E-state index in [4.69, 9.17) is 0 Å². The fourth-order valence-corrected chi connectivity index (χ4v) is 3.22. The fourth-order valence-electron chi connectivity index (χ4n) is 3.22. The van der Waals surface area contributed by atoms with Gasteiger partial charge in [0, 0.05) is 17.3 Å². The van der Waals surface area contributed by atoms with Crippen LogP contribution < -0.4 is 0 Å². The van der Waals surface area contributed by atoms with Gasteiger partial charge < -0.3 is 4.57 Å². The first-order valence-corrected chi connectivity index (χ1v) is 8.33. The van der Waals surface area contributed by atoms with Crippen molar-refractivity contribution in [3.05, 3.63) is 102 Å². The third-order valence-corrected chi connectivity index (χ3v) is 4.50. The van der Waals surface area contributed by atoms with Gasteiger partial charge in [0.05, 0.1) is 11.1 Å². The minimum Gasteiger partial charge on any atom is -0.316 e. The highest BCUT2D eigenvalue weighted by Crippen LogP contribution is 2.30. The minimum atomic E-state index is -4.30. The highest BCUT2D eigenvalue weighted by Gasteiger charge is 2.29. The number of hydrogen-bond donors (Lipinski definition) is 0. The SMILES string of the molecule is Cl.FC(F)(F)c1ccc(Cc2cn(-c3ccccc3)c3ccccc23)cc1. The first kappa shape index (κ1) is 19.1. The van der Waals surface area contributed by atoms with Crippen LogP contribution in [0, 0.1) is 0 Å². The average Bonchev–Trinajstić information content (AvgIpc) is 3.01. The number of fused-ring (bicyclic) bond motifs is 1. The van der Waals surface area contributed by atoms with Crippen molar-refractivity contribution in [2.45, 2.75) is 12.6 Å². The van der Waals surface area contributed by atoms with Crippen LogP contribution in [0.3, 0.4) is 0 Å². The van der Waals surface area contributed by atoms with Crippen molar-refractivity contribution in [2.24, 2.45) is 0 Å². The molecule has 0 unspecified atom stereocenters. The molecule has 27 heavy (non-hydrogen) atoms. The largest absolute Gasteiger partial charge is 0.416 e. The second-order valence-electron chi connectivity index (χ2n) is 6.25. The van der Waals surface area contributed by atoms with Crippen LogP contribution in [0.5, 0.6) is 0 Å². The van der Waals surface area contributed by atoms with Gasteiger partial charge in [0.1, 0.15) is 0 Å². The van der Waals surface area contributed by atoms with Crippen molar-refractivity contribution in [1.82, 2.24) is 4.57 Å². The first-order valence-electron chi connectivity index (χ1n) is 8.33. The summed E-state index contributed by atoms with van der Waals surface area (Å²) in [7, 11) is 0. The number of halogens is 4. The van der Waals surface area contributed by atoms with E-state index in [1.54, 1.807) is 12.1 Å². The molecule has 1 aromatic heterocycles. The second-order valence-corrected chi connectivity index (χ2v) is 6.25. The Balaban J connectivity index is 0.00000210. The third-order valence-electron chi connectivity index (χ3n) is 4.50. The Kier molecular flexibility index (Phi) is 5.29. The van der Waals surface area contributed by atoms with Gasteiger partial charge >= 0.3 is 6.18 Å². The Bertz CT molecular complexity index is 1030. The maximum absolute atomic E-state index is 12.7. The van der Waals surface area contributed by atoms with E-state index in [1.165, 1.54) is 0 Å². The van der Waals surface area contributed by atoms with Crippen molar-refractivity contribution in [3.63, 3.8) is 0 Å². The normalized spacial score (nSPS) is 11.4. The quantitative estimate of drug-likeness (QED) is 0.370. The Morgan fingerprint density at radius 3 is 2.04 bits per heavy atom. The smallest absolute Gasteiger partial charge is 0.316 e. The van der Waals surface area contributed by atoms with E-state index in [0.29, 0.717) is 6.42 Å². The van der Waals surface area contributed by atoms with Crippen molar-refractivity contribution >= 4 is 23.3 Å². The number of benzene rings is 3. The maximum atomic E-state index is 12.7.